The van der Waals surface area contributed by atoms with E-state index in [4.69, 9.17) is 32.7 Å². The van der Waals surface area contributed by atoms with Crippen LogP contribution in [0.1, 0.15) is 17.4 Å². The number of carbonyl (C=O) groups excluding carboxylic acids is 2. The number of aromatic nitrogens is 1. The van der Waals surface area contributed by atoms with Crippen LogP contribution in [0.15, 0.2) is 36.5 Å². The molecule has 8 heteroatoms. The first-order chi connectivity index (χ1) is 11.4. The maximum atomic E-state index is 12.1. The first-order valence-corrected chi connectivity index (χ1v) is 7.63. The van der Waals surface area contributed by atoms with Crippen LogP contribution in [0.25, 0.3) is 0 Å². The second-order valence-electron chi connectivity index (χ2n) is 4.75. The molecule has 0 spiro atoms. The molecular formula is C16H14Cl2N2O4. The number of methoxy groups -OCH3 is 1. The SMILES string of the molecule is COc1ccc(NC(=O)[C@H](C)OC(=O)c2cc(Cl)ccn2)cc1Cl. The van der Waals surface area contributed by atoms with E-state index in [9.17, 15) is 9.59 Å². The average molecular weight is 369 g/mol. The number of nitrogens with zero attached hydrogens (tertiary/aromatic N) is 1. The molecule has 0 aliphatic rings. The molecule has 1 heterocycles. The normalized spacial score (nSPS) is 11.5. The minimum Gasteiger partial charge on any atom is -0.495 e. The summed E-state index contributed by atoms with van der Waals surface area (Å²) in [7, 11) is 1.49. The molecule has 126 valence electrons. The first kappa shape index (κ1) is 18.0. The van der Waals surface area contributed by atoms with Crippen molar-refractivity contribution in [3.05, 3.63) is 52.3 Å². The Kier molecular flexibility index (Phi) is 6.00. The number of carbonyl (C=O) groups is 2. The molecule has 2 rings (SSSR count). The van der Waals surface area contributed by atoms with Gasteiger partial charge in [-0.2, -0.15) is 0 Å². The number of benzene rings is 1. The molecule has 1 aromatic carbocycles. The Morgan fingerprint density at radius 1 is 1.21 bits per heavy atom. The van der Waals surface area contributed by atoms with Gasteiger partial charge < -0.3 is 14.8 Å². The van der Waals surface area contributed by atoms with Crippen molar-refractivity contribution >= 4 is 40.8 Å². The Morgan fingerprint density at radius 3 is 2.58 bits per heavy atom. The minimum atomic E-state index is -1.03. The molecule has 0 unspecified atom stereocenters. The largest absolute Gasteiger partial charge is 0.495 e. The Hall–Kier alpha value is -2.31. The van der Waals surface area contributed by atoms with E-state index < -0.39 is 18.0 Å². The van der Waals surface area contributed by atoms with Crippen molar-refractivity contribution in [3.8, 4) is 5.75 Å². The minimum absolute atomic E-state index is 0.0228. The van der Waals surface area contributed by atoms with Crippen LogP contribution < -0.4 is 10.1 Å². The summed E-state index contributed by atoms with van der Waals surface area (Å²) >= 11 is 11.8. The number of anilines is 1. The average Bonchev–Trinajstić information content (AvgIpc) is 2.55. The topological polar surface area (TPSA) is 77.5 Å². The number of nitrogens with one attached hydrogen (secondary N) is 1. The van der Waals surface area contributed by atoms with E-state index in [1.807, 2.05) is 0 Å². The molecule has 0 aliphatic heterocycles. The van der Waals surface area contributed by atoms with Crippen molar-refractivity contribution in [1.82, 2.24) is 4.98 Å². The molecule has 1 aromatic heterocycles. The molecule has 0 radical (unpaired) electrons. The Bertz CT molecular complexity index is 767. The maximum Gasteiger partial charge on any atom is 0.357 e. The molecular weight excluding hydrogens is 355 g/mol. The summed E-state index contributed by atoms with van der Waals surface area (Å²) in [5.41, 5.74) is 0.476. The summed E-state index contributed by atoms with van der Waals surface area (Å²) in [6.45, 7) is 1.45. The summed E-state index contributed by atoms with van der Waals surface area (Å²) in [5, 5.41) is 3.30. The summed E-state index contributed by atoms with van der Waals surface area (Å²) in [6.07, 6.45) is 0.349. The van der Waals surface area contributed by atoms with E-state index >= 15 is 0 Å². The lowest BCUT2D eigenvalue weighted by atomic mass is 10.2. The molecule has 1 atom stereocenters. The van der Waals surface area contributed by atoms with Gasteiger partial charge in [0.15, 0.2) is 6.10 Å². The van der Waals surface area contributed by atoms with Gasteiger partial charge in [0.05, 0.1) is 12.1 Å². The van der Waals surface area contributed by atoms with Crippen molar-refractivity contribution < 1.29 is 19.1 Å². The highest BCUT2D eigenvalue weighted by Gasteiger charge is 2.20. The lowest BCUT2D eigenvalue weighted by Gasteiger charge is -2.14. The van der Waals surface area contributed by atoms with Crippen molar-refractivity contribution in [3.63, 3.8) is 0 Å². The molecule has 1 N–H and O–H groups in total. The highest BCUT2D eigenvalue weighted by atomic mass is 35.5. The van der Waals surface area contributed by atoms with Gasteiger partial charge in [-0.05, 0) is 37.3 Å². The molecule has 0 fully saturated rings. The fourth-order valence-corrected chi connectivity index (χ4v) is 2.20. The number of esters is 1. The molecule has 0 aliphatic carbocycles. The maximum absolute atomic E-state index is 12.1. The van der Waals surface area contributed by atoms with Crippen LogP contribution in [0.4, 0.5) is 5.69 Å². The van der Waals surface area contributed by atoms with Crippen molar-refractivity contribution in [2.24, 2.45) is 0 Å². The van der Waals surface area contributed by atoms with Crippen molar-refractivity contribution in [2.75, 3.05) is 12.4 Å². The molecule has 0 saturated carbocycles. The highest BCUT2D eigenvalue weighted by molar-refractivity contribution is 6.32. The number of halogens is 2. The van der Waals surface area contributed by atoms with E-state index in [1.165, 1.54) is 38.4 Å². The van der Waals surface area contributed by atoms with Gasteiger partial charge in [0, 0.05) is 16.9 Å². The first-order valence-electron chi connectivity index (χ1n) is 6.87. The van der Waals surface area contributed by atoms with E-state index in [2.05, 4.69) is 10.3 Å². The smallest absolute Gasteiger partial charge is 0.357 e. The van der Waals surface area contributed by atoms with Gasteiger partial charge in [0.2, 0.25) is 0 Å². The van der Waals surface area contributed by atoms with Crippen LogP contribution in [0.5, 0.6) is 5.75 Å². The van der Waals surface area contributed by atoms with Crippen molar-refractivity contribution in [2.45, 2.75) is 13.0 Å². The number of amides is 1. The fourth-order valence-electron chi connectivity index (χ4n) is 1.78. The van der Waals surface area contributed by atoms with E-state index in [-0.39, 0.29) is 5.69 Å². The monoisotopic (exact) mass is 368 g/mol. The van der Waals surface area contributed by atoms with Gasteiger partial charge in [-0.3, -0.25) is 4.79 Å². The van der Waals surface area contributed by atoms with Crippen LogP contribution in [0.3, 0.4) is 0 Å². The summed E-state index contributed by atoms with van der Waals surface area (Å²) in [4.78, 5) is 27.9. The van der Waals surface area contributed by atoms with Crippen molar-refractivity contribution in [1.29, 1.82) is 0 Å². The highest BCUT2D eigenvalue weighted by Crippen LogP contribution is 2.27. The lowest BCUT2D eigenvalue weighted by molar-refractivity contribution is -0.123. The predicted molar refractivity (Wildman–Crippen MR) is 90.8 cm³/mol. The molecule has 6 nitrogen and oxygen atoms in total. The number of rotatable bonds is 5. The third kappa shape index (κ3) is 4.59. The lowest BCUT2D eigenvalue weighted by Crippen LogP contribution is -2.30. The number of ether oxygens (including phenoxy) is 2. The van der Waals surface area contributed by atoms with Crippen LogP contribution >= 0.6 is 23.2 Å². The predicted octanol–water partition coefficient (Wildman–Crippen LogP) is 3.58. The zero-order chi connectivity index (χ0) is 17.7. The zero-order valence-corrected chi connectivity index (χ0v) is 14.4. The van der Waals surface area contributed by atoms with Crippen LogP contribution in [-0.2, 0) is 9.53 Å². The Labute approximate surface area is 148 Å². The van der Waals surface area contributed by atoms with Gasteiger partial charge in [-0.15, -0.1) is 0 Å². The third-order valence-corrected chi connectivity index (χ3v) is 3.53. The number of hydrogen-bond acceptors (Lipinski definition) is 5. The Morgan fingerprint density at radius 2 is 1.96 bits per heavy atom. The van der Waals surface area contributed by atoms with Gasteiger partial charge >= 0.3 is 5.97 Å². The Balaban J connectivity index is 1.99. The van der Waals surface area contributed by atoms with Gasteiger partial charge in [-0.25, -0.2) is 9.78 Å². The van der Waals surface area contributed by atoms with E-state index in [1.54, 1.807) is 12.1 Å². The molecule has 1 amide bonds. The summed E-state index contributed by atoms with van der Waals surface area (Å²) in [5.74, 6) is -0.763. The number of pyridine rings is 1. The van der Waals surface area contributed by atoms with Gasteiger partial charge in [0.25, 0.3) is 5.91 Å². The second-order valence-corrected chi connectivity index (χ2v) is 5.59. The summed E-state index contributed by atoms with van der Waals surface area (Å²) < 4.78 is 10.1. The van der Waals surface area contributed by atoms with Gasteiger partial charge in [0.1, 0.15) is 11.4 Å². The molecule has 0 saturated heterocycles. The zero-order valence-electron chi connectivity index (χ0n) is 12.9. The van der Waals surface area contributed by atoms with Crippen LogP contribution in [-0.4, -0.2) is 30.1 Å². The molecule has 0 bridgehead atoms. The van der Waals surface area contributed by atoms with E-state index in [0.29, 0.717) is 21.5 Å². The molecule has 24 heavy (non-hydrogen) atoms. The van der Waals surface area contributed by atoms with Crippen LogP contribution in [0.2, 0.25) is 10.0 Å². The van der Waals surface area contributed by atoms with Gasteiger partial charge in [-0.1, -0.05) is 23.2 Å². The van der Waals surface area contributed by atoms with E-state index in [0.717, 1.165) is 0 Å². The third-order valence-electron chi connectivity index (χ3n) is 3.00. The summed E-state index contributed by atoms with van der Waals surface area (Å²) in [6, 6.07) is 7.66. The number of hydrogen-bond donors (Lipinski definition) is 1. The second kappa shape index (κ2) is 7.99. The quantitative estimate of drug-likeness (QED) is 0.816. The molecule has 2 aromatic rings. The standard InChI is InChI=1S/C16H14Cl2N2O4/c1-9(24-16(22)13-7-10(17)5-6-19-13)15(21)20-11-3-4-14(23-2)12(18)8-11/h3-9H,1-2H3,(H,20,21)/t9-/m0/s1. The fraction of sp³-hybridized carbons (Fsp3) is 0.188. The van der Waals surface area contributed by atoms with Crippen LogP contribution in [0, 0.1) is 0 Å².